The first-order valence-electron chi connectivity index (χ1n) is 14.9. The summed E-state index contributed by atoms with van der Waals surface area (Å²) in [4.78, 5) is 31.0. The first kappa shape index (κ1) is 28.2. The predicted molar refractivity (Wildman–Crippen MR) is 163 cm³/mol. The summed E-state index contributed by atoms with van der Waals surface area (Å²) in [5.41, 5.74) is 0.867. The van der Waals surface area contributed by atoms with Crippen LogP contribution in [0.5, 0.6) is 6.01 Å². The fraction of sp³-hybridized carbons (Fsp3) is 0.394. The largest absolute Gasteiger partial charge is 0.465 e. The Morgan fingerprint density at radius 1 is 1.18 bits per heavy atom. The van der Waals surface area contributed by atoms with Crippen molar-refractivity contribution in [2.24, 2.45) is 0 Å². The molecule has 0 spiro atoms. The van der Waals surface area contributed by atoms with E-state index in [1.807, 2.05) is 42.2 Å². The van der Waals surface area contributed by atoms with Crippen molar-refractivity contribution in [3.63, 3.8) is 0 Å². The molecule has 4 aromatic rings. The molecule has 3 aliphatic heterocycles. The first-order chi connectivity index (χ1) is 21.3. The van der Waals surface area contributed by atoms with Crippen LogP contribution in [0.4, 0.5) is 19.4 Å². The number of nitrogens with zero attached hydrogens (tertiary/aromatic N) is 6. The summed E-state index contributed by atoms with van der Waals surface area (Å²) in [6, 6.07) is 10.9. The van der Waals surface area contributed by atoms with Gasteiger partial charge in [-0.1, -0.05) is 36.3 Å². The highest BCUT2D eigenvalue weighted by atomic mass is 19.1. The third kappa shape index (κ3) is 4.65. The SMILES string of the molecule is C#Cc1cccc2cccc(-c3ncc4c(N5CCN(C(=O)O)C[C@@H]5C)nc(OC[C@@]56CCCN5C[C@H](F)C6)nc4c3F)c12. The average molecular weight is 599 g/mol. The van der Waals surface area contributed by atoms with Crippen LogP contribution in [-0.2, 0) is 0 Å². The summed E-state index contributed by atoms with van der Waals surface area (Å²) in [6.07, 6.45) is 7.60. The molecule has 3 atom stereocenters. The molecule has 1 N–H and O–H groups in total. The van der Waals surface area contributed by atoms with Crippen LogP contribution in [0.2, 0.25) is 0 Å². The van der Waals surface area contributed by atoms with Gasteiger partial charge < -0.3 is 19.6 Å². The van der Waals surface area contributed by atoms with Crippen LogP contribution in [0.1, 0.15) is 31.7 Å². The minimum absolute atomic E-state index is 0.0119. The number of benzene rings is 2. The molecule has 1 amide bonds. The molecule has 226 valence electrons. The molecule has 3 saturated heterocycles. The molecule has 5 heterocycles. The van der Waals surface area contributed by atoms with Crippen molar-refractivity contribution in [2.45, 2.75) is 43.9 Å². The van der Waals surface area contributed by atoms with E-state index in [0.717, 1.165) is 30.2 Å². The summed E-state index contributed by atoms with van der Waals surface area (Å²) >= 11 is 0. The number of halogens is 2. The highest BCUT2D eigenvalue weighted by Gasteiger charge is 2.49. The highest BCUT2D eigenvalue weighted by Crippen LogP contribution is 2.41. The molecule has 7 rings (SSSR count). The Bertz CT molecular complexity index is 1820. The Kier molecular flexibility index (Phi) is 6.97. The Morgan fingerprint density at radius 3 is 2.77 bits per heavy atom. The summed E-state index contributed by atoms with van der Waals surface area (Å²) in [5.74, 6) is 2.47. The van der Waals surface area contributed by atoms with Crippen LogP contribution in [0, 0.1) is 18.2 Å². The van der Waals surface area contributed by atoms with Gasteiger partial charge in [0.2, 0.25) is 0 Å². The number of fused-ring (bicyclic) bond motifs is 3. The van der Waals surface area contributed by atoms with E-state index >= 15 is 4.39 Å². The number of carboxylic acid groups (broad SMARTS) is 1. The monoisotopic (exact) mass is 598 g/mol. The summed E-state index contributed by atoms with van der Waals surface area (Å²) < 4.78 is 37.3. The molecule has 9 nitrogen and oxygen atoms in total. The number of pyridine rings is 1. The van der Waals surface area contributed by atoms with E-state index in [9.17, 15) is 14.3 Å². The van der Waals surface area contributed by atoms with Gasteiger partial charge in [-0.25, -0.2) is 13.6 Å². The van der Waals surface area contributed by atoms with Crippen molar-refractivity contribution < 1.29 is 23.4 Å². The molecular formula is C33H32F2N6O3. The average Bonchev–Trinajstić information content (AvgIpc) is 3.55. The molecule has 3 fully saturated rings. The van der Waals surface area contributed by atoms with Crippen molar-refractivity contribution in [1.82, 2.24) is 24.8 Å². The minimum Gasteiger partial charge on any atom is -0.465 e. The van der Waals surface area contributed by atoms with Gasteiger partial charge in [0, 0.05) is 61.4 Å². The van der Waals surface area contributed by atoms with E-state index in [0.29, 0.717) is 41.8 Å². The fourth-order valence-corrected chi connectivity index (χ4v) is 7.25. The van der Waals surface area contributed by atoms with Gasteiger partial charge in [-0.2, -0.15) is 9.97 Å². The Balaban J connectivity index is 1.35. The maximum Gasteiger partial charge on any atom is 0.407 e. The van der Waals surface area contributed by atoms with Crippen molar-refractivity contribution >= 4 is 33.6 Å². The van der Waals surface area contributed by atoms with E-state index in [2.05, 4.69) is 20.8 Å². The number of hydrogen-bond acceptors (Lipinski definition) is 7. The van der Waals surface area contributed by atoms with Crippen LogP contribution < -0.4 is 9.64 Å². The third-order valence-electron chi connectivity index (χ3n) is 9.36. The molecule has 0 bridgehead atoms. The molecule has 11 heteroatoms. The van der Waals surface area contributed by atoms with Crippen molar-refractivity contribution in [2.75, 3.05) is 44.2 Å². The molecule has 0 unspecified atom stereocenters. The standard InChI is InChI=1S/C33H32F2N6O3/c1-3-21-7-4-8-22-9-5-10-24(26(21)22)28-27(35)29-25(16-36-28)30(41-14-13-39(32(42)43)17-20(41)2)38-31(37-29)44-19-33-11-6-12-40(33)18-23(34)15-33/h1,4-5,7-10,16,20,23H,6,11-15,17-19H2,2H3,(H,42,43)/t20-,23+,33-/m0/s1. The number of rotatable bonds is 5. The molecule has 2 aromatic heterocycles. The maximum absolute atomic E-state index is 16.7. The van der Waals surface area contributed by atoms with Gasteiger partial charge in [0.15, 0.2) is 5.82 Å². The van der Waals surface area contributed by atoms with Crippen LogP contribution in [-0.4, -0.2) is 93.0 Å². The van der Waals surface area contributed by atoms with Gasteiger partial charge in [0.1, 0.15) is 29.8 Å². The highest BCUT2D eigenvalue weighted by molar-refractivity contribution is 6.02. The van der Waals surface area contributed by atoms with Gasteiger partial charge in [-0.05, 0) is 37.8 Å². The van der Waals surface area contributed by atoms with Crippen LogP contribution >= 0.6 is 0 Å². The number of ether oxygens (including phenoxy) is 1. The van der Waals surface area contributed by atoms with Crippen molar-refractivity contribution in [1.29, 1.82) is 0 Å². The van der Waals surface area contributed by atoms with E-state index in [1.165, 1.54) is 4.90 Å². The van der Waals surface area contributed by atoms with Gasteiger partial charge >= 0.3 is 12.1 Å². The van der Waals surface area contributed by atoms with E-state index in [4.69, 9.17) is 16.1 Å². The van der Waals surface area contributed by atoms with E-state index in [1.54, 1.807) is 12.3 Å². The van der Waals surface area contributed by atoms with E-state index < -0.39 is 23.6 Å². The Morgan fingerprint density at radius 2 is 2.00 bits per heavy atom. The lowest BCUT2D eigenvalue weighted by atomic mass is 9.95. The van der Waals surface area contributed by atoms with Crippen LogP contribution in [0.3, 0.4) is 0 Å². The van der Waals surface area contributed by atoms with Crippen LogP contribution in [0.25, 0.3) is 32.9 Å². The van der Waals surface area contributed by atoms with Gasteiger partial charge in [0.25, 0.3) is 0 Å². The lowest BCUT2D eigenvalue weighted by Crippen LogP contribution is -2.53. The summed E-state index contributed by atoms with van der Waals surface area (Å²) in [6.45, 7) is 4.14. The number of aromatic nitrogens is 3. The first-order valence-corrected chi connectivity index (χ1v) is 14.9. The number of terminal acetylenes is 1. The third-order valence-corrected chi connectivity index (χ3v) is 9.36. The van der Waals surface area contributed by atoms with Crippen molar-refractivity contribution in [3.05, 3.63) is 54.0 Å². The Hall–Kier alpha value is -4.56. The maximum atomic E-state index is 16.7. The number of anilines is 1. The lowest BCUT2D eigenvalue weighted by Gasteiger charge is -2.39. The zero-order chi connectivity index (χ0) is 30.6. The summed E-state index contributed by atoms with van der Waals surface area (Å²) in [7, 11) is 0. The normalized spacial score (nSPS) is 23.7. The lowest BCUT2D eigenvalue weighted by molar-refractivity contribution is 0.107. The van der Waals surface area contributed by atoms with Crippen molar-refractivity contribution in [3.8, 4) is 29.6 Å². The van der Waals surface area contributed by atoms with Gasteiger partial charge in [-0.3, -0.25) is 9.88 Å². The van der Waals surface area contributed by atoms with Crippen LogP contribution in [0.15, 0.2) is 42.6 Å². The molecule has 0 radical (unpaired) electrons. The topological polar surface area (TPSA) is 94.9 Å². The number of hydrogen-bond donors (Lipinski definition) is 1. The number of piperazine rings is 1. The molecule has 0 aliphatic carbocycles. The Labute approximate surface area is 253 Å². The molecule has 3 aliphatic rings. The quantitative estimate of drug-likeness (QED) is 0.317. The number of amides is 1. The zero-order valence-corrected chi connectivity index (χ0v) is 24.3. The molecule has 0 saturated carbocycles. The number of carbonyl (C=O) groups is 1. The zero-order valence-electron chi connectivity index (χ0n) is 24.3. The van der Waals surface area contributed by atoms with Gasteiger partial charge in [0.05, 0.1) is 10.9 Å². The molecule has 44 heavy (non-hydrogen) atoms. The minimum atomic E-state index is -0.991. The molecular weight excluding hydrogens is 566 g/mol. The fourth-order valence-electron chi connectivity index (χ4n) is 7.25. The molecule has 2 aromatic carbocycles. The second kappa shape index (κ2) is 10.9. The smallest absolute Gasteiger partial charge is 0.407 e. The predicted octanol–water partition coefficient (Wildman–Crippen LogP) is 5.11. The van der Waals surface area contributed by atoms with Gasteiger partial charge in [-0.15, -0.1) is 6.42 Å². The second-order valence-electron chi connectivity index (χ2n) is 12.0. The van der Waals surface area contributed by atoms with E-state index in [-0.39, 0.29) is 43.0 Å². The summed E-state index contributed by atoms with van der Waals surface area (Å²) in [5, 5.41) is 11.5. The number of alkyl halides is 1. The second-order valence-corrected chi connectivity index (χ2v) is 12.0.